The minimum Gasteiger partial charge on any atom is -0.376 e. The standard InChI is InChI=1S/C14H25NO3S/c1-11(16)19-10-12-8-13(17)15(9-12)6-5-7-18-14(2,3)4/h12H,5-10H2,1-4H3. The number of thioether (sulfide) groups is 1. The minimum atomic E-state index is -0.115. The van der Waals surface area contributed by atoms with Crippen LogP contribution in [-0.2, 0) is 14.3 Å². The lowest BCUT2D eigenvalue weighted by atomic mass is 10.1. The molecule has 5 heteroatoms. The molecule has 110 valence electrons. The molecule has 1 atom stereocenters. The molecule has 0 aromatic carbocycles. The molecule has 1 unspecified atom stereocenters. The summed E-state index contributed by atoms with van der Waals surface area (Å²) >= 11 is 1.32. The first-order chi connectivity index (χ1) is 8.78. The highest BCUT2D eigenvalue weighted by Crippen LogP contribution is 2.22. The molecule has 0 aromatic heterocycles. The fourth-order valence-electron chi connectivity index (χ4n) is 2.05. The Labute approximate surface area is 120 Å². The van der Waals surface area contributed by atoms with Gasteiger partial charge in [0.25, 0.3) is 0 Å². The van der Waals surface area contributed by atoms with Gasteiger partial charge >= 0.3 is 0 Å². The number of likely N-dealkylation sites (tertiary alicyclic amines) is 1. The van der Waals surface area contributed by atoms with Gasteiger partial charge in [0.15, 0.2) is 5.12 Å². The summed E-state index contributed by atoms with van der Waals surface area (Å²) in [6, 6.07) is 0. The topological polar surface area (TPSA) is 46.6 Å². The monoisotopic (exact) mass is 287 g/mol. The van der Waals surface area contributed by atoms with E-state index < -0.39 is 0 Å². The zero-order valence-electron chi connectivity index (χ0n) is 12.4. The van der Waals surface area contributed by atoms with Gasteiger partial charge in [0.2, 0.25) is 5.91 Å². The van der Waals surface area contributed by atoms with Gasteiger partial charge in [-0.25, -0.2) is 0 Å². The fraction of sp³-hybridized carbons (Fsp3) is 0.857. The molecule has 1 heterocycles. The van der Waals surface area contributed by atoms with Gasteiger partial charge in [0.05, 0.1) is 5.60 Å². The molecular formula is C14H25NO3S. The van der Waals surface area contributed by atoms with Crippen LogP contribution in [0.15, 0.2) is 0 Å². The average molecular weight is 287 g/mol. The molecule has 1 fully saturated rings. The fourth-order valence-corrected chi connectivity index (χ4v) is 2.74. The summed E-state index contributed by atoms with van der Waals surface area (Å²) in [5, 5.41) is 0.129. The van der Waals surface area contributed by atoms with Gasteiger partial charge < -0.3 is 9.64 Å². The summed E-state index contributed by atoms with van der Waals surface area (Å²) in [7, 11) is 0. The lowest BCUT2D eigenvalue weighted by Gasteiger charge is -2.21. The molecule has 1 aliphatic rings. The van der Waals surface area contributed by atoms with Crippen molar-refractivity contribution in [1.82, 2.24) is 4.90 Å². The van der Waals surface area contributed by atoms with E-state index in [0.717, 1.165) is 25.3 Å². The maximum Gasteiger partial charge on any atom is 0.222 e. The first kappa shape index (κ1) is 16.5. The highest BCUT2D eigenvalue weighted by atomic mass is 32.2. The SMILES string of the molecule is CC(=O)SCC1CC(=O)N(CCCOC(C)(C)C)C1. The molecule has 0 spiro atoms. The Kier molecular flexibility index (Phi) is 6.33. The first-order valence-corrected chi connectivity index (χ1v) is 7.81. The average Bonchev–Trinajstić information content (AvgIpc) is 2.62. The van der Waals surface area contributed by atoms with Gasteiger partial charge in [-0.2, -0.15) is 0 Å². The van der Waals surface area contributed by atoms with Crippen molar-refractivity contribution < 1.29 is 14.3 Å². The second kappa shape index (κ2) is 7.29. The molecule has 19 heavy (non-hydrogen) atoms. The molecule has 0 N–H and O–H groups in total. The van der Waals surface area contributed by atoms with Crippen molar-refractivity contribution in [3.8, 4) is 0 Å². The molecule has 1 amide bonds. The number of nitrogens with zero attached hydrogens (tertiary/aromatic N) is 1. The van der Waals surface area contributed by atoms with Gasteiger partial charge in [0, 0.05) is 38.8 Å². The smallest absolute Gasteiger partial charge is 0.222 e. The van der Waals surface area contributed by atoms with Crippen LogP contribution in [0.5, 0.6) is 0 Å². The molecule has 0 aromatic rings. The maximum atomic E-state index is 11.8. The highest BCUT2D eigenvalue weighted by molar-refractivity contribution is 8.13. The van der Waals surface area contributed by atoms with E-state index in [9.17, 15) is 9.59 Å². The number of rotatable bonds is 6. The van der Waals surface area contributed by atoms with Crippen molar-refractivity contribution in [1.29, 1.82) is 0 Å². The van der Waals surface area contributed by atoms with Crippen molar-refractivity contribution in [2.75, 3.05) is 25.4 Å². The zero-order chi connectivity index (χ0) is 14.5. The molecule has 1 aliphatic heterocycles. The van der Waals surface area contributed by atoms with Crippen LogP contribution in [0.1, 0.15) is 40.5 Å². The lowest BCUT2D eigenvalue weighted by molar-refractivity contribution is -0.128. The Morgan fingerprint density at radius 2 is 2.16 bits per heavy atom. The zero-order valence-corrected chi connectivity index (χ0v) is 13.2. The summed E-state index contributed by atoms with van der Waals surface area (Å²) in [6.07, 6.45) is 1.45. The Bertz CT molecular complexity index is 325. The Balaban J connectivity index is 2.21. The van der Waals surface area contributed by atoms with E-state index in [1.54, 1.807) is 6.92 Å². The minimum absolute atomic E-state index is 0.115. The van der Waals surface area contributed by atoms with E-state index >= 15 is 0 Å². The summed E-state index contributed by atoms with van der Waals surface area (Å²) in [6.45, 7) is 9.89. The van der Waals surface area contributed by atoms with E-state index in [2.05, 4.69) is 0 Å². The van der Waals surface area contributed by atoms with Crippen LogP contribution in [0.2, 0.25) is 0 Å². The van der Waals surface area contributed by atoms with Crippen LogP contribution in [0.4, 0.5) is 0 Å². The van der Waals surface area contributed by atoms with Crippen molar-refractivity contribution in [3.05, 3.63) is 0 Å². The van der Waals surface area contributed by atoms with E-state index in [1.165, 1.54) is 11.8 Å². The van der Waals surface area contributed by atoms with Crippen LogP contribution in [0.3, 0.4) is 0 Å². The summed E-state index contributed by atoms with van der Waals surface area (Å²) in [5.41, 5.74) is -0.115. The third kappa shape index (κ3) is 6.97. The number of carbonyl (C=O) groups excluding carboxylic acids is 2. The molecule has 0 aliphatic carbocycles. The van der Waals surface area contributed by atoms with Gasteiger partial charge in [-0.3, -0.25) is 9.59 Å². The molecule has 4 nitrogen and oxygen atoms in total. The van der Waals surface area contributed by atoms with Gasteiger partial charge in [0.1, 0.15) is 0 Å². The normalized spacial score (nSPS) is 20.1. The molecule has 1 saturated heterocycles. The number of ether oxygens (including phenoxy) is 1. The first-order valence-electron chi connectivity index (χ1n) is 6.83. The Morgan fingerprint density at radius 3 is 2.74 bits per heavy atom. The number of amides is 1. The van der Waals surface area contributed by atoms with Gasteiger partial charge in [-0.1, -0.05) is 11.8 Å². The Morgan fingerprint density at radius 1 is 1.47 bits per heavy atom. The van der Waals surface area contributed by atoms with E-state index in [1.807, 2.05) is 25.7 Å². The van der Waals surface area contributed by atoms with E-state index in [0.29, 0.717) is 18.9 Å². The summed E-state index contributed by atoms with van der Waals surface area (Å²) in [4.78, 5) is 24.6. The van der Waals surface area contributed by atoms with Crippen molar-refractivity contribution in [3.63, 3.8) is 0 Å². The predicted molar refractivity (Wildman–Crippen MR) is 78.1 cm³/mol. The quantitative estimate of drug-likeness (QED) is 0.703. The van der Waals surface area contributed by atoms with Crippen molar-refractivity contribution in [2.24, 2.45) is 5.92 Å². The molecule has 0 radical (unpaired) electrons. The third-order valence-electron chi connectivity index (χ3n) is 2.92. The predicted octanol–water partition coefficient (Wildman–Crippen LogP) is 2.32. The number of carbonyl (C=O) groups is 2. The molecule has 0 saturated carbocycles. The highest BCUT2D eigenvalue weighted by Gasteiger charge is 2.29. The molecular weight excluding hydrogens is 262 g/mol. The van der Waals surface area contributed by atoms with Crippen LogP contribution >= 0.6 is 11.8 Å². The lowest BCUT2D eigenvalue weighted by Crippen LogP contribution is -2.28. The van der Waals surface area contributed by atoms with E-state index in [-0.39, 0.29) is 16.6 Å². The van der Waals surface area contributed by atoms with Crippen LogP contribution in [-0.4, -0.2) is 47.0 Å². The molecule has 0 bridgehead atoms. The van der Waals surface area contributed by atoms with Gasteiger partial charge in [-0.05, 0) is 33.1 Å². The van der Waals surface area contributed by atoms with Crippen LogP contribution in [0, 0.1) is 5.92 Å². The number of hydrogen-bond donors (Lipinski definition) is 0. The third-order valence-corrected chi connectivity index (χ3v) is 3.97. The van der Waals surface area contributed by atoms with Crippen molar-refractivity contribution >= 4 is 22.8 Å². The Hall–Kier alpha value is -0.550. The van der Waals surface area contributed by atoms with Crippen molar-refractivity contribution in [2.45, 2.75) is 46.1 Å². The maximum absolute atomic E-state index is 11.8. The molecule has 1 rings (SSSR count). The van der Waals surface area contributed by atoms with Crippen LogP contribution in [0.25, 0.3) is 0 Å². The largest absolute Gasteiger partial charge is 0.376 e. The second-order valence-electron chi connectivity index (χ2n) is 6.03. The van der Waals surface area contributed by atoms with E-state index in [4.69, 9.17) is 4.74 Å². The summed E-state index contributed by atoms with van der Waals surface area (Å²) < 4.78 is 5.64. The number of hydrogen-bond acceptors (Lipinski definition) is 4. The van der Waals surface area contributed by atoms with Gasteiger partial charge in [-0.15, -0.1) is 0 Å². The van der Waals surface area contributed by atoms with Crippen LogP contribution < -0.4 is 0 Å². The summed E-state index contributed by atoms with van der Waals surface area (Å²) in [5.74, 6) is 1.30. The second-order valence-corrected chi connectivity index (χ2v) is 7.22.